The molecule has 1 atom stereocenters. The quantitative estimate of drug-likeness (QED) is 0.901. The Morgan fingerprint density at radius 1 is 1.19 bits per heavy atom. The van der Waals surface area contributed by atoms with Gasteiger partial charge in [0.25, 0.3) is 0 Å². The molecule has 114 valence electrons. The van der Waals surface area contributed by atoms with Crippen molar-refractivity contribution in [1.82, 2.24) is 10.6 Å². The highest BCUT2D eigenvalue weighted by atomic mass is 32.2. The number of rotatable bonds is 3. The van der Waals surface area contributed by atoms with E-state index in [9.17, 15) is 4.79 Å². The molecule has 1 aromatic carbocycles. The first-order valence-corrected chi connectivity index (χ1v) is 9.18. The van der Waals surface area contributed by atoms with Gasteiger partial charge in [-0.15, -0.1) is 0 Å². The summed E-state index contributed by atoms with van der Waals surface area (Å²) in [7, 11) is 0. The van der Waals surface area contributed by atoms with Gasteiger partial charge < -0.3 is 10.6 Å². The van der Waals surface area contributed by atoms with E-state index in [1.54, 1.807) is 0 Å². The van der Waals surface area contributed by atoms with Gasteiger partial charge in [-0.3, -0.25) is 4.79 Å². The molecule has 1 aromatic rings. The largest absolute Gasteiger partial charge is 0.352 e. The Morgan fingerprint density at radius 2 is 1.90 bits per heavy atom. The molecule has 3 rings (SSSR count). The van der Waals surface area contributed by atoms with Crippen LogP contribution in [0.3, 0.4) is 0 Å². The Labute approximate surface area is 131 Å². The number of thioether (sulfide) groups is 1. The molecule has 0 aromatic heterocycles. The van der Waals surface area contributed by atoms with E-state index < -0.39 is 0 Å². The summed E-state index contributed by atoms with van der Waals surface area (Å²) in [4.78, 5) is 12.4. The van der Waals surface area contributed by atoms with Gasteiger partial charge in [0, 0.05) is 17.8 Å². The Kier molecular flexibility index (Phi) is 4.86. The van der Waals surface area contributed by atoms with Gasteiger partial charge in [0.15, 0.2) is 0 Å². The molecule has 1 saturated carbocycles. The molecule has 1 fully saturated rings. The maximum atomic E-state index is 12.4. The summed E-state index contributed by atoms with van der Waals surface area (Å²) in [6.45, 7) is 0.799. The van der Waals surface area contributed by atoms with Crippen LogP contribution in [0.25, 0.3) is 0 Å². The van der Waals surface area contributed by atoms with Gasteiger partial charge in [0.1, 0.15) is 0 Å². The van der Waals surface area contributed by atoms with E-state index in [1.807, 2.05) is 11.8 Å². The molecule has 0 saturated heterocycles. The number of benzene rings is 1. The van der Waals surface area contributed by atoms with Crippen molar-refractivity contribution in [3.8, 4) is 0 Å². The fraction of sp³-hybridized carbons (Fsp3) is 0.588. The Bertz CT molecular complexity index is 497. The molecule has 2 aliphatic rings. The summed E-state index contributed by atoms with van der Waals surface area (Å²) in [6.07, 6.45) is 7.70. The van der Waals surface area contributed by atoms with E-state index in [-0.39, 0.29) is 11.9 Å². The van der Waals surface area contributed by atoms with Crippen LogP contribution < -0.4 is 10.6 Å². The normalized spacial score (nSPS) is 28.7. The van der Waals surface area contributed by atoms with E-state index in [0.29, 0.717) is 6.04 Å². The second-order valence-corrected chi connectivity index (χ2v) is 7.26. The van der Waals surface area contributed by atoms with Crippen LogP contribution in [-0.4, -0.2) is 29.5 Å². The topological polar surface area (TPSA) is 41.1 Å². The minimum absolute atomic E-state index is 0.0711. The molecule has 0 spiro atoms. The van der Waals surface area contributed by atoms with Crippen LogP contribution in [0.4, 0.5) is 0 Å². The van der Waals surface area contributed by atoms with E-state index in [1.165, 1.54) is 24.0 Å². The van der Waals surface area contributed by atoms with Crippen molar-refractivity contribution in [2.45, 2.75) is 56.0 Å². The van der Waals surface area contributed by atoms with Gasteiger partial charge in [-0.2, -0.15) is 11.8 Å². The molecular weight excluding hydrogens is 280 g/mol. The highest BCUT2D eigenvalue weighted by molar-refractivity contribution is 7.99. The van der Waals surface area contributed by atoms with E-state index in [0.717, 1.165) is 31.1 Å². The first-order valence-electron chi connectivity index (χ1n) is 7.89. The van der Waals surface area contributed by atoms with Gasteiger partial charge >= 0.3 is 0 Å². The Morgan fingerprint density at radius 3 is 2.62 bits per heavy atom. The van der Waals surface area contributed by atoms with Crippen LogP contribution in [-0.2, 0) is 17.8 Å². The molecule has 0 bridgehead atoms. The molecule has 4 heteroatoms. The number of hydrogen-bond donors (Lipinski definition) is 2. The molecule has 21 heavy (non-hydrogen) atoms. The lowest BCUT2D eigenvalue weighted by atomic mass is 9.93. The summed E-state index contributed by atoms with van der Waals surface area (Å²) >= 11 is 1.96. The minimum Gasteiger partial charge on any atom is -0.352 e. The highest BCUT2D eigenvalue weighted by Crippen LogP contribution is 2.27. The smallest absolute Gasteiger partial charge is 0.237 e. The van der Waals surface area contributed by atoms with Gasteiger partial charge in [-0.1, -0.05) is 24.3 Å². The SMILES string of the molecule is CSC1CCC(NC(=O)[C@@H]2Cc3ccccc3CN2)CC1. The number of nitrogens with one attached hydrogen (secondary N) is 2. The lowest BCUT2D eigenvalue weighted by Gasteiger charge is -2.31. The van der Waals surface area contributed by atoms with Crippen molar-refractivity contribution in [2.75, 3.05) is 6.26 Å². The van der Waals surface area contributed by atoms with Crippen LogP contribution in [0.1, 0.15) is 36.8 Å². The molecule has 2 N–H and O–H groups in total. The molecule has 1 heterocycles. The molecular formula is C17H24N2OS. The first kappa shape index (κ1) is 14.9. The summed E-state index contributed by atoms with van der Waals surface area (Å²) < 4.78 is 0. The zero-order valence-electron chi connectivity index (χ0n) is 12.6. The van der Waals surface area contributed by atoms with E-state index >= 15 is 0 Å². The lowest BCUT2D eigenvalue weighted by molar-refractivity contribution is -0.124. The lowest BCUT2D eigenvalue weighted by Crippen LogP contribution is -2.51. The predicted molar refractivity (Wildman–Crippen MR) is 88.5 cm³/mol. The number of carbonyl (C=O) groups is 1. The van der Waals surface area contributed by atoms with Crippen molar-refractivity contribution >= 4 is 17.7 Å². The average molecular weight is 304 g/mol. The van der Waals surface area contributed by atoms with Crippen molar-refractivity contribution in [3.63, 3.8) is 0 Å². The minimum atomic E-state index is -0.0711. The zero-order valence-corrected chi connectivity index (χ0v) is 13.4. The average Bonchev–Trinajstić information content (AvgIpc) is 2.55. The maximum Gasteiger partial charge on any atom is 0.237 e. The van der Waals surface area contributed by atoms with Crippen LogP contribution >= 0.6 is 11.8 Å². The van der Waals surface area contributed by atoms with Crippen LogP contribution in [0.2, 0.25) is 0 Å². The highest BCUT2D eigenvalue weighted by Gasteiger charge is 2.27. The van der Waals surface area contributed by atoms with Crippen molar-refractivity contribution in [2.24, 2.45) is 0 Å². The standard InChI is InChI=1S/C17H24N2OS/c1-21-15-8-6-14(7-9-15)19-17(20)16-10-12-4-2-3-5-13(12)11-18-16/h2-5,14-16,18H,6-11H2,1H3,(H,19,20)/t14?,15?,16-/m0/s1. The Balaban J connectivity index is 1.53. The number of fused-ring (bicyclic) bond motifs is 1. The van der Waals surface area contributed by atoms with Gasteiger partial charge in [-0.25, -0.2) is 0 Å². The third-order valence-electron chi connectivity index (χ3n) is 4.75. The molecule has 1 aliphatic heterocycles. The van der Waals surface area contributed by atoms with Gasteiger partial charge in [0.05, 0.1) is 6.04 Å². The van der Waals surface area contributed by atoms with E-state index in [2.05, 4.69) is 41.2 Å². The summed E-state index contributed by atoms with van der Waals surface area (Å²) in [5.41, 5.74) is 2.63. The number of amides is 1. The summed E-state index contributed by atoms with van der Waals surface area (Å²) in [5, 5.41) is 7.41. The second-order valence-electron chi connectivity index (χ2n) is 6.12. The summed E-state index contributed by atoms with van der Waals surface area (Å²) in [6, 6.07) is 8.70. The monoisotopic (exact) mass is 304 g/mol. The second kappa shape index (κ2) is 6.84. The fourth-order valence-corrected chi connectivity index (χ4v) is 4.13. The molecule has 0 unspecified atom stereocenters. The van der Waals surface area contributed by atoms with E-state index in [4.69, 9.17) is 0 Å². The molecule has 1 amide bonds. The first-order chi connectivity index (χ1) is 10.3. The molecule has 3 nitrogen and oxygen atoms in total. The van der Waals surface area contributed by atoms with Crippen molar-refractivity contribution < 1.29 is 4.79 Å². The third kappa shape index (κ3) is 3.61. The number of carbonyl (C=O) groups excluding carboxylic acids is 1. The number of hydrogen-bond acceptors (Lipinski definition) is 3. The van der Waals surface area contributed by atoms with Gasteiger partial charge in [0.2, 0.25) is 5.91 Å². The van der Waals surface area contributed by atoms with Gasteiger partial charge in [-0.05, 0) is 49.5 Å². The Hall–Kier alpha value is -1.00. The molecule has 0 radical (unpaired) electrons. The van der Waals surface area contributed by atoms with Crippen LogP contribution in [0, 0.1) is 0 Å². The van der Waals surface area contributed by atoms with Crippen LogP contribution in [0.15, 0.2) is 24.3 Å². The summed E-state index contributed by atoms with van der Waals surface area (Å²) in [5.74, 6) is 0.178. The zero-order chi connectivity index (χ0) is 14.7. The van der Waals surface area contributed by atoms with Crippen molar-refractivity contribution in [1.29, 1.82) is 0 Å². The molecule has 1 aliphatic carbocycles. The van der Waals surface area contributed by atoms with Crippen LogP contribution in [0.5, 0.6) is 0 Å². The third-order valence-corrected chi connectivity index (χ3v) is 5.89. The predicted octanol–water partition coefficient (Wildman–Crippen LogP) is 2.49. The fourth-order valence-electron chi connectivity index (χ4n) is 3.38. The van der Waals surface area contributed by atoms with Crippen molar-refractivity contribution in [3.05, 3.63) is 35.4 Å². The maximum absolute atomic E-state index is 12.4.